The van der Waals surface area contributed by atoms with Crippen molar-refractivity contribution in [1.29, 1.82) is 0 Å². The van der Waals surface area contributed by atoms with Gasteiger partial charge < -0.3 is 9.47 Å². The number of ketones is 1. The molecular formula is C25H23FO4. The maximum atomic E-state index is 15.2. The van der Waals surface area contributed by atoms with Crippen LogP contribution in [0.3, 0.4) is 0 Å². The average molecular weight is 406 g/mol. The molecule has 1 aliphatic carbocycles. The Kier molecular flexibility index (Phi) is 6.68. The molecule has 0 amide bonds. The number of hydrogen-bond donors (Lipinski definition) is 0. The summed E-state index contributed by atoms with van der Waals surface area (Å²) in [5, 5.41) is 0. The molecule has 0 saturated carbocycles. The smallest absolute Gasteiger partial charge is 0.343 e. The molecule has 1 aliphatic rings. The predicted octanol–water partition coefficient (Wildman–Crippen LogP) is 5.16. The molecule has 5 heteroatoms. The van der Waals surface area contributed by atoms with Gasteiger partial charge in [-0.1, -0.05) is 31.0 Å². The van der Waals surface area contributed by atoms with Gasteiger partial charge in [0.1, 0.15) is 17.3 Å². The van der Waals surface area contributed by atoms with E-state index in [-0.39, 0.29) is 40.8 Å². The zero-order valence-corrected chi connectivity index (χ0v) is 17.3. The van der Waals surface area contributed by atoms with Crippen LogP contribution in [0.5, 0.6) is 5.75 Å². The Balaban J connectivity index is 2.19. The third-order valence-corrected chi connectivity index (χ3v) is 5.11. The number of hydrogen-bond acceptors (Lipinski definition) is 4. The standard InChI is InChI=1S/C25H23FO4/c1-4-9-16-14-19(26)22(21(15-16)29-3)23-20(27)13-12-17(5-2)24(23)30-25(28)18-10-7-6-8-11-18/h6-8,10-11,14-15,17H,5,12-13H2,1-3H3. The van der Waals surface area contributed by atoms with Gasteiger partial charge in [0, 0.05) is 17.9 Å². The molecule has 2 aromatic carbocycles. The Bertz CT molecular complexity index is 1060. The Hall–Kier alpha value is -3.39. The Morgan fingerprint density at radius 1 is 1.23 bits per heavy atom. The van der Waals surface area contributed by atoms with Crippen molar-refractivity contribution in [3.05, 3.63) is 70.7 Å². The summed E-state index contributed by atoms with van der Waals surface area (Å²) in [6.45, 7) is 3.60. The van der Waals surface area contributed by atoms with Crippen molar-refractivity contribution in [1.82, 2.24) is 0 Å². The van der Waals surface area contributed by atoms with E-state index in [1.54, 1.807) is 43.3 Å². The minimum Gasteiger partial charge on any atom is -0.496 e. The molecule has 0 aromatic heterocycles. The van der Waals surface area contributed by atoms with E-state index < -0.39 is 11.8 Å². The van der Waals surface area contributed by atoms with Gasteiger partial charge in [-0.25, -0.2) is 9.18 Å². The topological polar surface area (TPSA) is 52.6 Å². The number of benzene rings is 2. The number of methoxy groups -OCH3 is 1. The van der Waals surface area contributed by atoms with Gasteiger partial charge in [0.25, 0.3) is 0 Å². The summed E-state index contributed by atoms with van der Waals surface area (Å²) in [6, 6.07) is 11.4. The molecule has 0 bridgehead atoms. The minimum atomic E-state index is -0.638. The third kappa shape index (κ3) is 4.28. The number of esters is 1. The highest BCUT2D eigenvalue weighted by Gasteiger charge is 2.34. The molecule has 2 aromatic rings. The van der Waals surface area contributed by atoms with E-state index in [2.05, 4.69) is 11.8 Å². The number of rotatable bonds is 5. The molecule has 3 rings (SSSR count). The lowest BCUT2D eigenvalue weighted by Gasteiger charge is -2.27. The lowest BCUT2D eigenvalue weighted by atomic mass is 9.82. The highest BCUT2D eigenvalue weighted by atomic mass is 19.1. The summed E-state index contributed by atoms with van der Waals surface area (Å²) in [4.78, 5) is 25.6. The molecule has 0 saturated heterocycles. The molecule has 4 nitrogen and oxygen atoms in total. The van der Waals surface area contributed by atoms with E-state index in [0.29, 0.717) is 24.0 Å². The molecule has 0 spiro atoms. The summed E-state index contributed by atoms with van der Waals surface area (Å²) in [5.74, 6) is 4.23. The predicted molar refractivity (Wildman–Crippen MR) is 112 cm³/mol. The van der Waals surface area contributed by atoms with Crippen LogP contribution < -0.4 is 4.74 Å². The number of Topliss-reactive ketones (excluding diaryl/α,β-unsaturated/α-hetero) is 1. The summed E-state index contributed by atoms with van der Waals surface area (Å²) in [7, 11) is 1.41. The van der Waals surface area contributed by atoms with Crippen LogP contribution in [0.4, 0.5) is 4.39 Å². The molecular weight excluding hydrogens is 383 g/mol. The van der Waals surface area contributed by atoms with Crippen LogP contribution in [-0.2, 0) is 9.53 Å². The van der Waals surface area contributed by atoms with E-state index in [1.807, 2.05) is 6.92 Å². The quantitative estimate of drug-likeness (QED) is 0.508. The normalized spacial score (nSPS) is 16.0. The van der Waals surface area contributed by atoms with Crippen molar-refractivity contribution in [3.8, 4) is 17.6 Å². The van der Waals surface area contributed by atoms with E-state index in [0.717, 1.165) is 0 Å². The van der Waals surface area contributed by atoms with Gasteiger partial charge in [0.2, 0.25) is 0 Å². The van der Waals surface area contributed by atoms with E-state index in [9.17, 15) is 9.59 Å². The average Bonchev–Trinajstić information content (AvgIpc) is 2.75. The molecule has 0 radical (unpaired) electrons. The first kappa shape index (κ1) is 21.3. The number of carbonyl (C=O) groups excluding carboxylic acids is 2. The Morgan fingerprint density at radius 2 is 1.97 bits per heavy atom. The second kappa shape index (κ2) is 9.41. The number of carbonyl (C=O) groups is 2. The second-order valence-electron chi connectivity index (χ2n) is 6.97. The Morgan fingerprint density at radius 3 is 2.60 bits per heavy atom. The number of ether oxygens (including phenoxy) is 2. The fraction of sp³-hybridized carbons (Fsp3) is 0.280. The molecule has 0 N–H and O–H groups in total. The van der Waals surface area contributed by atoms with Crippen molar-refractivity contribution >= 4 is 17.3 Å². The van der Waals surface area contributed by atoms with E-state index >= 15 is 4.39 Å². The maximum absolute atomic E-state index is 15.2. The van der Waals surface area contributed by atoms with Gasteiger partial charge in [0.05, 0.1) is 23.8 Å². The van der Waals surface area contributed by atoms with Gasteiger partial charge in [0.15, 0.2) is 5.78 Å². The van der Waals surface area contributed by atoms with Crippen molar-refractivity contribution in [3.63, 3.8) is 0 Å². The van der Waals surface area contributed by atoms with Gasteiger partial charge >= 0.3 is 5.97 Å². The fourth-order valence-corrected chi connectivity index (χ4v) is 3.62. The van der Waals surface area contributed by atoms with E-state index in [4.69, 9.17) is 9.47 Å². The van der Waals surface area contributed by atoms with Crippen LogP contribution in [-0.4, -0.2) is 18.9 Å². The SMILES string of the molecule is CC#Cc1cc(F)c(C2=C(OC(=O)c3ccccc3)C(CC)CCC2=O)c(OC)c1. The van der Waals surface area contributed by atoms with E-state index in [1.165, 1.54) is 13.2 Å². The number of halogens is 1. The molecule has 1 atom stereocenters. The molecule has 30 heavy (non-hydrogen) atoms. The summed E-state index contributed by atoms with van der Waals surface area (Å²) < 4.78 is 26.3. The Labute approximate surface area is 175 Å². The lowest BCUT2D eigenvalue weighted by molar-refractivity contribution is -0.114. The van der Waals surface area contributed by atoms with Gasteiger partial charge in [-0.3, -0.25) is 4.79 Å². The summed E-state index contributed by atoms with van der Waals surface area (Å²) in [5.41, 5.74) is 0.883. The van der Waals surface area contributed by atoms with Crippen molar-refractivity contribution in [2.75, 3.05) is 7.11 Å². The first-order chi connectivity index (χ1) is 14.5. The van der Waals surface area contributed by atoms with Crippen LogP contribution in [0.25, 0.3) is 5.57 Å². The minimum absolute atomic E-state index is 0.0122. The van der Waals surface area contributed by atoms with Crippen LogP contribution in [0.1, 0.15) is 54.6 Å². The highest BCUT2D eigenvalue weighted by molar-refractivity contribution is 6.23. The maximum Gasteiger partial charge on any atom is 0.343 e. The fourth-order valence-electron chi connectivity index (χ4n) is 3.62. The molecule has 0 fully saturated rings. The van der Waals surface area contributed by atoms with Gasteiger partial charge in [-0.15, -0.1) is 5.92 Å². The molecule has 0 heterocycles. The largest absolute Gasteiger partial charge is 0.496 e. The van der Waals surface area contributed by atoms with Gasteiger partial charge in [-0.05, 0) is 44.0 Å². The van der Waals surface area contributed by atoms with Crippen molar-refractivity contribution in [2.45, 2.75) is 33.1 Å². The monoisotopic (exact) mass is 406 g/mol. The van der Waals surface area contributed by atoms with Crippen LogP contribution in [0.2, 0.25) is 0 Å². The first-order valence-corrected chi connectivity index (χ1v) is 9.85. The molecule has 1 unspecified atom stereocenters. The first-order valence-electron chi connectivity index (χ1n) is 9.85. The van der Waals surface area contributed by atoms with Crippen LogP contribution in [0.15, 0.2) is 48.2 Å². The third-order valence-electron chi connectivity index (χ3n) is 5.11. The number of allylic oxidation sites excluding steroid dienone is 2. The second-order valence-corrected chi connectivity index (χ2v) is 6.97. The van der Waals surface area contributed by atoms with Crippen LogP contribution in [0, 0.1) is 23.6 Å². The lowest BCUT2D eigenvalue weighted by Crippen LogP contribution is -2.23. The highest BCUT2D eigenvalue weighted by Crippen LogP contribution is 2.41. The zero-order valence-electron chi connectivity index (χ0n) is 17.3. The van der Waals surface area contributed by atoms with Crippen molar-refractivity contribution in [2.24, 2.45) is 5.92 Å². The molecule has 0 aliphatic heterocycles. The zero-order chi connectivity index (χ0) is 21.7. The molecule has 154 valence electrons. The summed E-state index contributed by atoms with van der Waals surface area (Å²) in [6.07, 6.45) is 1.44. The van der Waals surface area contributed by atoms with Crippen molar-refractivity contribution < 1.29 is 23.5 Å². The van der Waals surface area contributed by atoms with Crippen LogP contribution >= 0.6 is 0 Å². The van der Waals surface area contributed by atoms with Gasteiger partial charge in [-0.2, -0.15) is 0 Å². The summed E-state index contributed by atoms with van der Waals surface area (Å²) >= 11 is 0.